The second-order valence-corrected chi connectivity index (χ2v) is 3.41. The van der Waals surface area contributed by atoms with E-state index in [0.29, 0.717) is 13.0 Å². The number of hydrogen-bond donors (Lipinski definition) is 0. The van der Waals surface area contributed by atoms with Crippen LogP contribution in [0.1, 0.15) is 33.1 Å². The summed E-state index contributed by atoms with van der Waals surface area (Å²) in [7, 11) is 0. The van der Waals surface area contributed by atoms with Gasteiger partial charge in [0, 0.05) is 19.0 Å². The molecule has 1 saturated heterocycles. The van der Waals surface area contributed by atoms with Crippen LogP contribution in [0.5, 0.6) is 0 Å². The molecule has 1 aliphatic rings. The van der Waals surface area contributed by atoms with Crippen molar-refractivity contribution in [1.82, 2.24) is 4.90 Å². The second kappa shape index (κ2) is 3.05. The lowest BCUT2D eigenvalue weighted by molar-refractivity contribution is -0.179. The monoisotopic (exact) mass is 163 g/mol. The number of rotatable bonds is 1. The Bertz CT molecular complexity index is 134. The highest BCUT2D eigenvalue weighted by Crippen LogP contribution is 2.32. The summed E-state index contributed by atoms with van der Waals surface area (Å²) in [5.41, 5.74) is 0. The molecule has 0 saturated carbocycles. The first kappa shape index (κ1) is 8.91. The number of piperidine rings is 1. The SMILES string of the molecule is CC(C)N1CCCCC1(F)F. The van der Waals surface area contributed by atoms with E-state index < -0.39 is 6.05 Å². The van der Waals surface area contributed by atoms with Crippen LogP contribution < -0.4 is 0 Å². The van der Waals surface area contributed by atoms with Crippen molar-refractivity contribution < 1.29 is 8.78 Å². The van der Waals surface area contributed by atoms with Crippen molar-refractivity contribution in [3.63, 3.8) is 0 Å². The summed E-state index contributed by atoms with van der Waals surface area (Å²) in [5.74, 6) is 0. The van der Waals surface area contributed by atoms with Gasteiger partial charge >= 0.3 is 6.05 Å². The average Bonchev–Trinajstić information content (AvgIpc) is 1.85. The standard InChI is InChI=1S/C8H15F2N/c1-7(2)11-6-4-3-5-8(11,9)10/h7H,3-6H2,1-2H3. The molecule has 3 heteroatoms. The molecule has 0 aromatic rings. The molecule has 0 aromatic carbocycles. The van der Waals surface area contributed by atoms with Crippen LogP contribution in [0.3, 0.4) is 0 Å². The van der Waals surface area contributed by atoms with Gasteiger partial charge in [0.15, 0.2) is 0 Å². The summed E-state index contributed by atoms with van der Waals surface area (Å²) in [4.78, 5) is 1.29. The third-order valence-corrected chi connectivity index (χ3v) is 2.17. The van der Waals surface area contributed by atoms with Crippen LogP contribution in [-0.4, -0.2) is 23.5 Å². The number of alkyl halides is 2. The van der Waals surface area contributed by atoms with E-state index in [4.69, 9.17) is 0 Å². The van der Waals surface area contributed by atoms with Crippen molar-refractivity contribution in [2.45, 2.75) is 45.2 Å². The Morgan fingerprint density at radius 1 is 1.27 bits per heavy atom. The largest absolute Gasteiger partial charge is 0.305 e. The van der Waals surface area contributed by atoms with Crippen molar-refractivity contribution in [2.75, 3.05) is 6.54 Å². The number of likely N-dealkylation sites (tertiary alicyclic amines) is 1. The molecule has 0 radical (unpaired) electrons. The second-order valence-electron chi connectivity index (χ2n) is 3.41. The van der Waals surface area contributed by atoms with Gasteiger partial charge in [-0.05, 0) is 26.7 Å². The fraction of sp³-hybridized carbons (Fsp3) is 1.00. The Hall–Kier alpha value is -0.180. The first-order chi connectivity index (χ1) is 5.04. The van der Waals surface area contributed by atoms with E-state index in [0.717, 1.165) is 6.42 Å². The molecule has 0 unspecified atom stereocenters. The minimum atomic E-state index is -2.55. The number of halogens is 2. The molecule has 66 valence electrons. The van der Waals surface area contributed by atoms with Gasteiger partial charge < -0.3 is 0 Å². The summed E-state index contributed by atoms with van der Waals surface area (Å²) < 4.78 is 26.1. The minimum Gasteiger partial charge on any atom is -0.242 e. The third kappa shape index (κ3) is 1.89. The molecule has 1 aliphatic heterocycles. The lowest BCUT2D eigenvalue weighted by atomic mass is 10.1. The van der Waals surface area contributed by atoms with Crippen LogP contribution in [0, 0.1) is 0 Å². The summed E-state index contributed by atoms with van der Waals surface area (Å²) >= 11 is 0. The Balaban J connectivity index is 2.60. The molecule has 1 heterocycles. The molecule has 0 atom stereocenters. The molecular formula is C8H15F2N. The predicted octanol–water partition coefficient (Wildman–Crippen LogP) is 2.47. The summed E-state index contributed by atoms with van der Waals surface area (Å²) in [6, 6.07) is -2.59. The predicted molar refractivity (Wildman–Crippen MR) is 40.6 cm³/mol. The number of nitrogens with zero attached hydrogens (tertiary/aromatic N) is 1. The topological polar surface area (TPSA) is 3.24 Å². The van der Waals surface area contributed by atoms with Crippen LogP contribution in [0.25, 0.3) is 0 Å². The van der Waals surface area contributed by atoms with Crippen LogP contribution in [0.2, 0.25) is 0 Å². The molecule has 0 amide bonds. The van der Waals surface area contributed by atoms with E-state index in [9.17, 15) is 8.78 Å². The smallest absolute Gasteiger partial charge is 0.242 e. The highest BCUT2D eigenvalue weighted by molar-refractivity contribution is 4.77. The Morgan fingerprint density at radius 2 is 1.91 bits per heavy atom. The van der Waals surface area contributed by atoms with E-state index >= 15 is 0 Å². The maximum atomic E-state index is 13.0. The zero-order valence-electron chi connectivity index (χ0n) is 7.11. The molecule has 11 heavy (non-hydrogen) atoms. The molecule has 0 spiro atoms. The fourth-order valence-corrected chi connectivity index (χ4v) is 1.56. The van der Waals surface area contributed by atoms with Gasteiger partial charge in [0.1, 0.15) is 0 Å². The first-order valence-electron chi connectivity index (χ1n) is 4.18. The fourth-order valence-electron chi connectivity index (χ4n) is 1.56. The Labute approximate surface area is 66.4 Å². The van der Waals surface area contributed by atoms with E-state index in [1.807, 2.05) is 13.8 Å². The third-order valence-electron chi connectivity index (χ3n) is 2.17. The molecule has 0 aliphatic carbocycles. The van der Waals surface area contributed by atoms with Gasteiger partial charge in [0.25, 0.3) is 0 Å². The van der Waals surface area contributed by atoms with Crippen molar-refractivity contribution in [1.29, 1.82) is 0 Å². The van der Waals surface area contributed by atoms with Crippen molar-refractivity contribution >= 4 is 0 Å². The van der Waals surface area contributed by atoms with Gasteiger partial charge in [-0.2, -0.15) is 8.78 Å². The Kier molecular flexibility index (Phi) is 2.47. The summed E-state index contributed by atoms with van der Waals surface area (Å²) in [5, 5.41) is 0. The molecule has 0 aromatic heterocycles. The minimum absolute atomic E-state index is 0.0329. The van der Waals surface area contributed by atoms with E-state index in [-0.39, 0.29) is 12.5 Å². The normalized spacial score (nSPS) is 25.9. The van der Waals surface area contributed by atoms with E-state index in [1.54, 1.807) is 0 Å². The van der Waals surface area contributed by atoms with Gasteiger partial charge in [-0.3, -0.25) is 0 Å². The van der Waals surface area contributed by atoms with E-state index in [2.05, 4.69) is 0 Å². The lowest BCUT2D eigenvalue weighted by Crippen LogP contribution is -2.48. The zero-order valence-corrected chi connectivity index (χ0v) is 7.11. The van der Waals surface area contributed by atoms with Crippen LogP contribution in [0.15, 0.2) is 0 Å². The maximum absolute atomic E-state index is 13.0. The average molecular weight is 163 g/mol. The molecule has 0 N–H and O–H groups in total. The summed E-state index contributed by atoms with van der Waals surface area (Å²) in [6.07, 6.45) is 1.61. The van der Waals surface area contributed by atoms with Gasteiger partial charge in [-0.15, -0.1) is 0 Å². The Morgan fingerprint density at radius 3 is 2.27 bits per heavy atom. The van der Waals surface area contributed by atoms with Gasteiger partial charge in [-0.25, -0.2) is 4.90 Å². The highest BCUT2D eigenvalue weighted by atomic mass is 19.3. The lowest BCUT2D eigenvalue weighted by Gasteiger charge is -2.37. The molecule has 1 nitrogen and oxygen atoms in total. The van der Waals surface area contributed by atoms with Gasteiger partial charge in [-0.1, -0.05) is 0 Å². The quantitative estimate of drug-likeness (QED) is 0.537. The van der Waals surface area contributed by atoms with E-state index in [1.165, 1.54) is 4.90 Å². The van der Waals surface area contributed by atoms with Gasteiger partial charge in [0.05, 0.1) is 0 Å². The van der Waals surface area contributed by atoms with Crippen LogP contribution >= 0.6 is 0 Å². The van der Waals surface area contributed by atoms with Crippen molar-refractivity contribution in [2.24, 2.45) is 0 Å². The highest BCUT2D eigenvalue weighted by Gasteiger charge is 2.40. The summed E-state index contributed by atoms with van der Waals surface area (Å²) in [6.45, 7) is 4.18. The molecular weight excluding hydrogens is 148 g/mol. The molecule has 1 rings (SSSR count). The van der Waals surface area contributed by atoms with Gasteiger partial charge in [0.2, 0.25) is 0 Å². The van der Waals surface area contributed by atoms with Crippen LogP contribution in [-0.2, 0) is 0 Å². The molecule has 0 bridgehead atoms. The van der Waals surface area contributed by atoms with Crippen molar-refractivity contribution in [3.8, 4) is 0 Å². The van der Waals surface area contributed by atoms with Crippen LogP contribution in [0.4, 0.5) is 8.78 Å². The first-order valence-corrected chi connectivity index (χ1v) is 4.18. The molecule has 1 fully saturated rings. The number of hydrogen-bond acceptors (Lipinski definition) is 1. The zero-order chi connectivity index (χ0) is 8.48. The maximum Gasteiger partial charge on any atom is 0.305 e. The van der Waals surface area contributed by atoms with Crippen molar-refractivity contribution in [3.05, 3.63) is 0 Å².